The van der Waals surface area contributed by atoms with Gasteiger partial charge in [0.05, 0.1) is 25.7 Å². The Hall–Kier alpha value is -3.22. The first-order valence-electron chi connectivity index (χ1n) is 15.6. The molecule has 3 aromatic carbocycles. The van der Waals surface area contributed by atoms with Crippen LogP contribution in [0.2, 0.25) is 5.02 Å². The predicted octanol–water partition coefficient (Wildman–Crippen LogP) is 7.76. The number of carbonyl (C=O) groups excluding carboxylic acids is 1. The summed E-state index contributed by atoms with van der Waals surface area (Å²) < 4.78 is 12.3. The number of nitrogens with zero attached hydrogens (tertiary/aromatic N) is 3. The minimum Gasteiger partial charge on any atom is -0.492 e. The molecule has 1 aliphatic heterocycles. The minimum atomic E-state index is -0.389. The number of hydrogen-bond acceptors (Lipinski definition) is 5. The van der Waals surface area contributed by atoms with Gasteiger partial charge in [-0.25, -0.2) is 0 Å². The van der Waals surface area contributed by atoms with Crippen LogP contribution in [-0.2, 0) is 11.2 Å². The van der Waals surface area contributed by atoms with Crippen LogP contribution in [-0.4, -0.2) is 57.8 Å². The molecule has 230 valence electrons. The van der Waals surface area contributed by atoms with Gasteiger partial charge in [0.2, 0.25) is 5.91 Å². The molecule has 7 heteroatoms. The Morgan fingerprint density at radius 3 is 2.23 bits per heavy atom. The van der Waals surface area contributed by atoms with Crippen molar-refractivity contribution in [2.45, 2.75) is 70.6 Å². The van der Waals surface area contributed by atoms with Gasteiger partial charge in [0.1, 0.15) is 0 Å². The number of halogens is 1. The van der Waals surface area contributed by atoms with Crippen LogP contribution in [0, 0.1) is 5.92 Å². The van der Waals surface area contributed by atoms with Gasteiger partial charge in [-0.05, 0) is 113 Å². The Morgan fingerprint density at radius 1 is 0.953 bits per heavy atom. The van der Waals surface area contributed by atoms with Crippen molar-refractivity contribution in [3.8, 4) is 11.5 Å². The molecule has 5 rings (SSSR count). The molecule has 0 spiro atoms. The molecule has 0 N–H and O–H groups in total. The van der Waals surface area contributed by atoms with E-state index in [2.05, 4.69) is 69.1 Å². The summed E-state index contributed by atoms with van der Waals surface area (Å²) in [5.74, 6) is 2.12. The van der Waals surface area contributed by atoms with E-state index in [1.54, 1.807) is 7.11 Å². The zero-order valence-corrected chi connectivity index (χ0v) is 27.2. The second-order valence-electron chi connectivity index (χ2n) is 12.4. The molecule has 0 bridgehead atoms. The summed E-state index contributed by atoms with van der Waals surface area (Å²) >= 11 is 6.30. The first kappa shape index (κ1) is 31.2. The van der Waals surface area contributed by atoms with Crippen molar-refractivity contribution >= 4 is 28.9 Å². The Balaban J connectivity index is 1.46. The Labute approximate surface area is 262 Å². The van der Waals surface area contributed by atoms with Gasteiger partial charge in [0, 0.05) is 41.6 Å². The van der Waals surface area contributed by atoms with Crippen molar-refractivity contribution in [3.05, 3.63) is 82.4 Å². The number of benzene rings is 3. The molecule has 43 heavy (non-hydrogen) atoms. The monoisotopic (exact) mass is 603 g/mol. The van der Waals surface area contributed by atoms with Gasteiger partial charge in [-0.3, -0.25) is 4.79 Å². The summed E-state index contributed by atoms with van der Waals surface area (Å²) in [6.07, 6.45) is 6.27. The van der Waals surface area contributed by atoms with E-state index in [0.717, 1.165) is 41.0 Å². The van der Waals surface area contributed by atoms with Crippen molar-refractivity contribution in [3.63, 3.8) is 0 Å². The molecular weight excluding hydrogens is 558 g/mol. The van der Waals surface area contributed by atoms with Crippen LogP contribution < -0.4 is 19.3 Å². The molecule has 3 aromatic rings. The molecule has 0 saturated heterocycles. The second-order valence-corrected chi connectivity index (χ2v) is 12.9. The maximum atomic E-state index is 13.9. The summed E-state index contributed by atoms with van der Waals surface area (Å²) in [7, 11) is 8.24. The van der Waals surface area contributed by atoms with Crippen LogP contribution in [0.5, 0.6) is 11.5 Å². The number of methoxy groups -OCH3 is 1. The fourth-order valence-corrected chi connectivity index (χ4v) is 6.78. The maximum Gasteiger partial charge on any atom is 0.232 e. The first-order valence-corrected chi connectivity index (χ1v) is 16.0. The van der Waals surface area contributed by atoms with E-state index in [0.29, 0.717) is 28.5 Å². The SMILES string of the molecule is CC[C@@H](C)Oc1ccc2c(c1OC)[C@H](c1ccc(Cl)cc1)N(c1ccc(N(C)C[C@H]3CC[C@H](N(C)C)CC3)cc1)C(=O)C2. The standard InChI is InChI=1S/C36H46ClN3O3/c1-7-24(2)43-32-21-12-27-22-33(41)40(35(34(27)36(32)42-6)26-10-13-28(37)14-11-26)31-19-17-30(18-20-31)39(5)23-25-8-15-29(16-9-25)38(3)4/h10-14,17-21,24-25,29,35H,7-9,15-16,22-23H2,1-6H3/t24-,25-,29-,35+/m1/s1. The number of rotatable bonds is 10. The summed E-state index contributed by atoms with van der Waals surface area (Å²) in [5.41, 5.74) is 4.89. The quantitative estimate of drug-likeness (QED) is 0.237. The van der Waals surface area contributed by atoms with Crippen LogP contribution >= 0.6 is 11.6 Å². The minimum absolute atomic E-state index is 0.0369. The second kappa shape index (κ2) is 13.6. The largest absolute Gasteiger partial charge is 0.492 e. The van der Waals surface area contributed by atoms with Crippen molar-refractivity contribution in [2.75, 3.05) is 44.6 Å². The van der Waals surface area contributed by atoms with Crippen LogP contribution in [0.1, 0.15) is 68.7 Å². The highest BCUT2D eigenvalue weighted by Crippen LogP contribution is 2.47. The highest BCUT2D eigenvalue weighted by molar-refractivity contribution is 6.30. The Kier molecular flexibility index (Phi) is 9.88. The van der Waals surface area contributed by atoms with Crippen molar-refractivity contribution in [2.24, 2.45) is 5.92 Å². The normalized spacial score (nSPS) is 21.0. The summed E-state index contributed by atoms with van der Waals surface area (Å²) in [6.45, 7) is 5.20. The number of ether oxygens (including phenoxy) is 2. The van der Waals surface area contributed by atoms with Crippen LogP contribution in [0.4, 0.5) is 11.4 Å². The third kappa shape index (κ3) is 6.81. The highest BCUT2D eigenvalue weighted by atomic mass is 35.5. The van der Waals surface area contributed by atoms with Gasteiger partial charge in [-0.15, -0.1) is 0 Å². The lowest BCUT2D eigenvalue weighted by molar-refractivity contribution is -0.118. The lowest BCUT2D eigenvalue weighted by Gasteiger charge is -2.39. The zero-order valence-electron chi connectivity index (χ0n) is 26.5. The summed E-state index contributed by atoms with van der Waals surface area (Å²) in [6, 6.07) is 20.4. The van der Waals surface area contributed by atoms with Gasteiger partial charge in [-0.2, -0.15) is 0 Å². The van der Waals surface area contributed by atoms with E-state index in [9.17, 15) is 4.79 Å². The lowest BCUT2D eigenvalue weighted by atomic mass is 9.85. The van der Waals surface area contributed by atoms with Crippen LogP contribution in [0.25, 0.3) is 0 Å². The van der Waals surface area contributed by atoms with E-state index in [1.807, 2.05) is 41.3 Å². The topological polar surface area (TPSA) is 45.3 Å². The molecule has 1 fully saturated rings. The summed E-state index contributed by atoms with van der Waals surface area (Å²) in [4.78, 5) is 20.5. The molecular formula is C36H46ClN3O3. The Morgan fingerprint density at radius 2 is 1.63 bits per heavy atom. The predicted molar refractivity (Wildman–Crippen MR) is 177 cm³/mol. The molecule has 2 atom stereocenters. The van der Waals surface area contributed by atoms with E-state index in [-0.39, 0.29) is 24.5 Å². The lowest BCUT2D eigenvalue weighted by Crippen LogP contribution is -2.41. The smallest absolute Gasteiger partial charge is 0.232 e. The van der Waals surface area contributed by atoms with Gasteiger partial charge >= 0.3 is 0 Å². The van der Waals surface area contributed by atoms with Crippen molar-refractivity contribution < 1.29 is 14.3 Å². The fraction of sp³-hybridized carbons (Fsp3) is 0.472. The third-order valence-electron chi connectivity index (χ3n) is 9.33. The first-order chi connectivity index (χ1) is 20.7. The molecule has 6 nitrogen and oxygen atoms in total. The fourth-order valence-electron chi connectivity index (χ4n) is 6.66. The highest BCUT2D eigenvalue weighted by Gasteiger charge is 2.38. The van der Waals surface area contributed by atoms with Gasteiger partial charge < -0.3 is 24.2 Å². The van der Waals surface area contributed by atoms with Crippen LogP contribution in [0.3, 0.4) is 0 Å². The molecule has 0 unspecified atom stereocenters. The number of carbonyl (C=O) groups is 1. The maximum absolute atomic E-state index is 13.9. The van der Waals surface area contributed by atoms with E-state index in [1.165, 1.54) is 25.7 Å². The van der Waals surface area contributed by atoms with Gasteiger partial charge in [0.25, 0.3) is 0 Å². The van der Waals surface area contributed by atoms with E-state index in [4.69, 9.17) is 21.1 Å². The molecule has 1 saturated carbocycles. The van der Waals surface area contributed by atoms with Gasteiger partial charge in [0.15, 0.2) is 11.5 Å². The average Bonchev–Trinajstić information content (AvgIpc) is 3.01. The van der Waals surface area contributed by atoms with E-state index >= 15 is 0 Å². The van der Waals surface area contributed by atoms with Gasteiger partial charge in [-0.1, -0.05) is 36.7 Å². The number of fused-ring (bicyclic) bond motifs is 1. The molecule has 1 aliphatic carbocycles. The molecule has 0 radical (unpaired) electrons. The van der Waals surface area contributed by atoms with Crippen molar-refractivity contribution in [1.82, 2.24) is 4.90 Å². The van der Waals surface area contributed by atoms with Crippen LogP contribution in [0.15, 0.2) is 60.7 Å². The average molecular weight is 604 g/mol. The summed E-state index contributed by atoms with van der Waals surface area (Å²) in [5, 5.41) is 0.654. The number of anilines is 2. The number of hydrogen-bond donors (Lipinski definition) is 0. The zero-order chi connectivity index (χ0) is 30.7. The molecule has 1 amide bonds. The molecule has 0 aromatic heterocycles. The molecule has 1 heterocycles. The van der Waals surface area contributed by atoms with Crippen molar-refractivity contribution in [1.29, 1.82) is 0 Å². The molecule has 2 aliphatic rings. The number of amides is 1. The third-order valence-corrected chi connectivity index (χ3v) is 9.58. The van der Waals surface area contributed by atoms with E-state index < -0.39 is 0 Å². The Bertz CT molecular complexity index is 1380.